The number of nitriles is 1. The number of phenolic OH excluding ortho intramolecular Hbond substituents is 1. The first kappa shape index (κ1) is 15.1. The topological polar surface area (TPSA) is 90.2 Å². The summed E-state index contributed by atoms with van der Waals surface area (Å²) in [7, 11) is -4.17. The Hall–Kier alpha value is -2.30. The molecule has 2 N–H and O–H groups in total. The molecule has 0 heterocycles. The minimum atomic E-state index is -4.17. The lowest BCUT2D eigenvalue weighted by Gasteiger charge is -2.10. The zero-order valence-corrected chi connectivity index (χ0v) is 11.9. The van der Waals surface area contributed by atoms with Crippen molar-refractivity contribution in [3.63, 3.8) is 0 Å². The smallest absolute Gasteiger partial charge is 0.263 e. The van der Waals surface area contributed by atoms with Gasteiger partial charge in [-0.2, -0.15) is 5.26 Å². The van der Waals surface area contributed by atoms with Gasteiger partial charge in [0.05, 0.1) is 10.7 Å². The number of aromatic hydroxyl groups is 1. The lowest BCUT2D eigenvalue weighted by atomic mass is 10.2. The van der Waals surface area contributed by atoms with E-state index in [2.05, 4.69) is 4.72 Å². The molecule has 108 valence electrons. The summed E-state index contributed by atoms with van der Waals surface area (Å²) in [5, 5.41) is 18.4. The van der Waals surface area contributed by atoms with Gasteiger partial charge in [-0.25, -0.2) is 12.8 Å². The van der Waals surface area contributed by atoms with E-state index < -0.39 is 26.3 Å². The van der Waals surface area contributed by atoms with Gasteiger partial charge in [0, 0.05) is 6.07 Å². The third-order valence-corrected chi connectivity index (χ3v) is 4.32. The first-order chi connectivity index (χ1) is 9.85. The van der Waals surface area contributed by atoms with Gasteiger partial charge in [-0.1, -0.05) is 17.7 Å². The Bertz CT molecular complexity index is 847. The van der Waals surface area contributed by atoms with E-state index in [1.165, 1.54) is 24.3 Å². The molecule has 8 heteroatoms. The Kier molecular flexibility index (Phi) is 4.02. The number of halogens is 2. The number of anilines is 1. The highest BCUT2D eigenvalue weighted by Crippen LogP contribution is 2.28. The van der Waals surface area contributed by atoms with Gasteiger partial charge in [0.1, 0.15) is 28.1 Å². The van der Waals surface area contributed by atoms with Crippen LogP contribution in [0.2, 0.25) is 5.02 Å². The van der Waals surface area contributed by atoms with Crippen molar-refractivity contribution >= 4 is 27.3 Å². The van der Waals surface area contributed by atoms with Crippen molar-refractivity contribution in [1.29, 1.82) is 5.26 Å². The molecule has 0 fully saturated rings. The van der Waals surface area contributed by atoms with Gasteiger partial charge >= 0.3 is 0 Å². The third-order valence-electron chi connectivity index (χ3n) is 2.58. The van der Waals surface area contributed by atoms with Crippen LogP contribution < -0.4 is 4.72 Å². The second-order valence-corrected chi connectivity index (χ2v) is 6.05. The van der Waals surface area contributed by atoms with E-state index in [9.17, 15) is 17.9 Å². The SMILES string of the molecule is N#Cc1c(F)cccc1S(=O)(=O)Nc1ccc(Cl)c(O)c1. The average molecular weight is 327 g/mol. The Morgan fingerprint density at radius 3 is 2.62 bits per heavy atom. The van der Waals surface area contributed by atoms with Crippen LogP contribution in [-0.2, 0) is 10.0 Å². The molecule has 0 atom stereocenters. The number of nitrogens with one attached hydrogen (secondary N) is 1. The van der Waals surface area contributed by atoms with E-state index in [1.807, 2.05) is 0 Å². The number of phenols is 1. The molecule has 0 amide bonds. The first-order valence-electron chi connectivity index (χ1n) is 5.55. The summed E-state index contributed by atoms with van der Waals surface area (Å²) in [6, 6.07) is 8.52. The Labute approximate surface area is 125 Å². The molecule has 0 unspecified atom stereocenters. The van der Waals surface area contributed by atoms with Gasteiger partial charge in [-0.15, -0.1) is 0 Å². The quantitative estimate of drug-likeness (QED) is 0.907. The highest BCUT2D eigenvalue weighted by atomic mass is 35.5. The minimum Gasteiger partial charge on any atom is -0.506 e. The summed E-state index contributed by atoms with van der Waals surface area (Å²) in [6.45, 7) is 0. The summed E-state index contributed by atoms with van der Waals surface area (Å²) in [6.07, 6.45) is 0. The maximum atomic E-state index is 13.5. The number of hydrogen-bond donors (Lipinski definition) is 2. The third kappa shape index (κ3) is 3.07. The largest absolute Gasteiger partial charge is 0.506 e. The van der Waals surface area contributed by atoms with Crippen LogP contribution in [0.15, 0.2) is 41.3 Å². The van der Waals surface area contributed by atoms with E-state index in [-0.39, 0.29) is 16.5 Å². The van der Waals surface area contributed by atoms with Crippen LogP contribution in [0, 0.1) is 17.1 Å². The summed E-state index contributed by atoms with van der Waals surface area (Å²) < 4.78 is 40.0. The zero-order valence-electron chi connectivity index (χ0n) is 10.3. The molecule has 0 spiro atoms. The molecule has 21 heavy (non-hydrogen) atoms. The number of rotatable bonds is 3. The van der Waals surface area contributed by atoms with Crippen molar-refractivity contribution in [2.24, 2.45) is 0 Å². The van der Waals surface area contributed by atoms with E-state index in [0.717, 1.165) is 18.2 Å². The van der Waals surface area contributed by atoms with E-state index in [1.54, 1.807) is 0 Å². The van der Waals surface area contributed by atoms with E-state index in [4.69, 9.17) is 16.9 Å². The fourth-order valence-electron chi connectivity index (χ4n) is 1.62. The first-order valence-corrected chi connectivity index (χ1v) is 7.41. The minimum absolute atomic E-state index is 0.0325. The monoisotopic (exact) mass is 326 g/mol. The molecule has 2 rings (SSSR count). The zero-order chi connectivity index (χ0) is 15.6. The predicted molar refractivity (Wildman–Crippen MR) is 75.0 cm³/mol. The molecule has 0 bridgehead atoms. The van der Waals surface area contributed by atoms with Crippen molar-refractivity contribution in [1.82, 2.24) is 0 Å². The molecule has 0 saturated carbocycles. The molecule has 2 aromatic rings. The summed E-state index contributed by atoms with van der Waals surface area (Å²) in [4.78, 5) is -0.487. The van der Waals surface area contributed by atoms with Crippen LogP contribution in [0.4, 0.5) is 10.1 Å². The molecular weight excluding hydrogens is 319 g/mol. The van der Waals surface area contributed by atoms with Crippen LogP contribution in [0.25, 0.3) is 0 Å². The van der Waals surface area contributed by atoms with Crippen molar-refractivity contribution in [3.05, 3.63) is 52.8 Å². The van der Waals surface area contributed by atoms with E-state index >= 15 is 0 Å². The lowest BCUT2D eigenvalue weighted by molar-refractivity contribution is 0.476. The molecule has 0 aliphatic rings. The number of sulfonamides is 1. The molecule has 0 radical (unpaired) electrons. The van der Waals surface area contributed by atoms with Crippen molar-refractivity contribution in [2.45, 2.75) is 4.90 Å². The Balaban J connectivity index is 2.46. The fourth-order valence-corrected chi connectivity index (χ4v) is 2.96. The second-order valence-electron chi connectivity index (χ2n) is 4.00. The van der Waals surface area contributed by atoms with Crippen molar-refractivity contribution < 1.29 is 17.9 Å². The average Bonchev–Trinajstić information content (AvgIpc) is 2.42. The molecule has 5 nitrogen and oxygen atoms in total. The Morgan fingerprint density at radius 1 is 1.29 bits per heavy atom. The summed E-state index contributed by atoms with van der Waals surface area (Å²) in [5.74, 6) is -1.24. The molecule has 0 aliphatic heterocycles. The molecule has 0 aromatic heterocycles. The van der Waals surface area contributed by atoms with Crippen LogP contribution in [0.5, 0.6) is 5.75 Å². The highest BCUT2D eigenvalue weighted by molar-refractivity contribution is 7.92. The molecular formula is C13H8ClFN2O3S. The van der Waals surface area contributed by atoms with Crippen LogP contribution in [0.3, 0.4) is 0 Å². The maximum Gasteiger partial charge on any atom is 0.263 e. The van der Waals surface area contributed by atoms with Crippen LogP contribution in [-0.4, -0.2) is 13.5 Å². The second kappa shape index (κ2) is 5.60. The van der Waals surface area contributed by atoms with Gasteiger partial charge in [0.25, 0.3) is 10.0 Å². The van der Waals surface area contributed by atoms with Gasteiger partial charge < -0.3 is 5.11 Å². The molecule has 2 aromatic carbocycles. The summed E-state index contributed by atoms with van der Waals surface area (Å²) >= 11 is 5.62. The van der Waals surface area contributed by atoms with Gasteiger partial charge in [-0.3, -0.25) is 4.72 Å². The summed E-state index contributed by atoms with van der Waals surface area (Å²) in [5.41, 5.74) is -0.548. The number of nitrogens with zero attached hydrogens (tertiary/aromatic N) is 1. The van der Waals surface area contributed by atoms with Crippen LogP contribution >= 0.6 is 11.6 Å². The normalized spacial score (nSPS) is 10.9. The number of benzene rings is 2. The highest BCUT2D eigenvalue weighted by Gasteiger charge is 2.21. The molecule has 0 saturated heterocycles. The van der Waals surface area contributed by atoms with Gasteiger partial charge in [0.2, 0.25) is 0 Å². The molecule has 0 aliphatic carbocycles. The fraction of sp³-hybridized carbons (Fsp3) is 0. The van der Waals surface area contributed by atoms with Crippen molar-refractivity contribution in [2.75, 3.05) is 4.72 Å². The van der Waals surface area contributed by atoms with E-state index in [0.29, 0.717) is 0 Å². The van der Waals surface area contributed by atoms with Gasteiger partial charge in [0.15, 0.2) is 0 Å². The van der Waals surface area contributed by atoms with Gasteiger partial charge in [-0.05, 0) is 24.3 Å². The van der Waals surface area contributed by atoms with Crippen molar-refractivity contribution in [3.8, 4) is 11.8 Å². The maximum absolute atomic E-state index is 13.5. The number of hydrogen-bond acceptors (Lipinski definition) is 4. The van der Waals surface area contributed by atoms with Crippen LogP contribution in [0.1, 0.15) is 5.56 Å². The standard InChI is InChI=1S/C13H8ClFN2O3S/c14-10-5-4-8(6-12(10)18)17-21(19,20)13-3-1-2-11(15)9(13)7-16/h1-6,17-18H. The predicted octanol–water partition coefficient (Wildman–Crippen LogP) is 2.86. The lowest BCUT2D eigenvalue weighted by Crippen LogP contribution is -2.15. The Morgan fingerprint density at radius 2 is 2.00 bits per heavy atom.